The van der Waals surface area contributed by atoms with Gasteiger partial charge in [0.1, 0.15) is 5.76 Å². The summed E-state index contributed by atoms with van der Waals surface area (Å²) in [6.07, 6.45) is 4.87. The summed E-state index contributed by atoms with van der Waals surface area (Å²) in [6, 6.07) is 4.42. The molecular weight excluding hydrogens is 202 g/mol. The Bertz CT molecular complexity index is 246. The van der Waals surface area contributed by atoms with Gasteiger partial charge in [-0.3, -0.25) is 0 Å². The Hall–Kier alpha value is -0.800. The second-order valence-corrected chi connectivity index (χ2v) is 3.92. The molecule has 0 aliphatic carbocycles. The third kappa shape index (κ3) is 5.33. The molecule has 1 aromatic heterocycles. The van der Waals surface area contributed by atoms with Gasteiger partial charge in [-0.1, -0.05) is 6.92 Å². The monoisotopic (exact) mass is 225 g/mol. The van der Waals surface area contributed by atoms with Crippen molar-refractivity contribution in [2.24, 2.45) is 0 Å². The van der Waals surface area contributed by atoms with Crippen molar-refractivity contribution >= 4 is 0 Å². The fraction of sp³-hybridized carbons (Fsp3) is 0.692. The lowest BCUT2D eigenvalue weighted by molar-refractivity contribution is 0.135. The van der Waals surface area contributed by atoms with Gasteiger partial charge in [0.2, 0.25) is 0 Å². The first kappa shape index (κ1) is 13.3. The Morgan fingerprint density at radius 1 is 1.44 bits per heavy atom. The van der Waals surface area contributed by atoms with Crippen molar-refractivity contribution in [2.75, 3.05) is 19.8 Å². The highest BCUT2D eigenvalue weighted by Gasteiger charge is 2.10. The van der Waals surface area contributed by atoms with E-state index in [9.17, 15) is 0 Å². The van der Waals surface area contributed by atoms with Crippen LogP contribution in [0.4, 0.5) is 0 Å². The van der Waals surface area contributed by atoms with Crippen LogP contribution in [0.15, 0.2) is 22.8 Å². The molecule has 0 fully saturated rings. The van der Waals surface area contributed by atoms with Gasteiger partial charge in [-0.2, -0.15) is 0 Å². The molecule has 1 unspecified atom stereocenters. The number of furan rings is 1. The third-order valence-electron chi connectivity index (χ3n) is 2.53. The van der Waals surface area contributed by atoms with E-state index >= 15 is 0 Å². The highest BCUT2D eigenvalue weighted by molar-refractivity contribution is 5.00. The summed E-state index contributed by atoms with van der Waals surface area (Å²) in [6.45, 7) is 6.87. The van der Waals surface area contributed by atoms with Gasteiger partial charge in [-0.05, 0) is 38.4 Å². The zero-order valence-corrected chi connectivity index (χ0v) is 10.4. The highest BCUT2D eigenvalue weighted by atomic mass is 16.5. The fourth-order valence-corrected chi connectivity index (χ4v) is 1.67. The first-order chi connectivity index (χ1) is 7.86. The summed E-state index contributed by atoms with van der Waals surface area (Å²) in [4.78, 5) is 0. The number of nitrogens with one attached hydrogen (secondary N) is 1. The molecule has 1 aromatic rings. The molecule has 3 nitrogen and oxygen atoms in total. The summed E-state index contributed by atoms with van der Waals surface area (Å²) >= 11 is 0. The molecule has 1 atom stereocenters. The van der Waals surface area contributed by atoms with E-state index in [0.29, 0.717) is 6.04 Å². The van der Waals surface area contributed by atoms with Gasteiger partial charge in [-0.15, -0.1) is 0 Å². The Morgan fingerprint density at radius 2 is 2.31 bits per heavy atom. The van der Waals surface area contributed by atoms with Crippen LogP contribution in [0.2, 0.25) is 0 Å². The largest absolute Gasteiger partial charge is 0.469 e. The molecule has 0 aliphatic heterocycles. The molecular formula is C13H23NO2. The zero-order valence-electron chi connectivity index (χ0n) is 10.4. The van der Waals surface area contributed by atoms with Crippen LogP contribution in [0, 0.1) is 0 Å². The van der Waals surface area contributed by atoms with Crippen LogP contribution in [0.25, 0.3) is 0 Å². The fourth-order valence-electron chi connectivity index (χ4n) is 1.67. The standard InChI is InChI=1S/C13H23NO2/c1-3-8-14-12(7-10-15-4-2)11-13-6-5-9-16-13/h5-6,9,12,14H,3-4,7-8,10-11H2,1-2H3. The predicted octanol–water partition coefficient (Wildman–Crippen LogP) is 2.62. The Kier molecular flexibility index (Phi) is 6.93. The summed E-state index contributed by atoms with van der Waals surface area (Å²) in [5, 5.41) is 3.53. The number of ether oxygens (including phenoxy) is 1. The van der Waals surface area contributed by atoms with Crippen molar-refractivity contribution in [1.82, 2.24) is 5.32 Å². The summed E-state index contributed by atoms with van der Waals surface area (Å²) in [5.74, 6) is 1.05. The normalized spacial score (nSPS) is 12.9. The van der Waals surface area contributed by atoms with E-state index in [2.05, 4.69) is 12.2 Å². The van der Waals surface area contributed by atoms with E-state index in [1.807, 2.05) is 19.1 Å². The number of hydrogen-bond donors (Lipinski definition) is 1. The zero-order chi connectivity index (χ0) is 11.6. The van der Waals surface area contributed by atoms with Crippen LogP contribution in [0.5, 0.6) is 0 Å². The number of rotatable bonds is 9. The third-order valence-corrected chi connectivity index (χ3v) is 2.53. The summed E-state index contributed by atoms with van der Waals surface area (Å²) < 4.78 is 10.8. The van der Waals surface area contributed by atoms with Gasteiger partial charge < -0.3 is 14.5 Å². The molecule has 0 amide bonds. The molecule has 0 aromatic carbocycles. The van der Waals surface area contributed by atoms with E-state index in [1.165, 1.54) is 0 Å². The van der Waals surface area contributed by atoms with Gasteiger partial charge in [0.25, 0.3) is 0 Å². The van der Waals surface area contributed by atoms with E-state index in [4.69, 9.17) is 9.15 Å². The number of hydrogen-bond acceptors (Lipinski definition) is 3. The van der Waals surface area contributed by atoms with Crippen LogP contribution in [-0.4, -0.2) is 25.8 Å². The minimum absolute atomic E-state index is 0.456. The topological polar surface area (TPSA) is 34.4 Å². The highest BCUT2D eigenvalue weighted by Crippen LogP contribution is 2.07. The molecule has 0 spiro atoms. The van der Waals surface area contributed by atoms with Crippen LogP contribution in [0.1, 0.15) is 32.4 Å². The predicted molar refractivity (Wildman–Crippen MR) is 65.6 cm³/mol. The smallest absolute Gasteiger partial charge is 0.105 e. The van der Waals surface area contributed by atoms with Crippen molar-refractivity contribution < 1.29 is 9.15 Å². The van der Waals surface area contributed by atoms with Gasteiger partial charge in [0.05, 0.1) is 6.26 Å². The molecule has 0 radical (unpaired) electrons. The first-order valence-corrected chi connectivity index (χ1v) is 6.20. The van der Waals surface area contributed by atoms with Crippen molar-refractivity contribution in [3.63, 3.8) is 0 Å². The van der Waals surface area contributed by atoms with Crippen molar-refractivity contribution in [1.29, 1.82) is 0 Å². The molecule has 3 heteroatoms. The average Bonchev–Trinajstić information content (AvgIpc) is 2.78. The lowest BCUT2D eigenvalue weighted by atomic mass is 10.1. The maximum absolute atomic E-state index is 5.39. The van der Waals surface area contributed by atoms with Gasteiger partial charge in [0.15, 0.2) is 0 Å². The SMILES string of the molecule is CCCNC(CCOCC)Cc1ccco1. The molecule has 1 N–H and O–H groups in total. The second-order valence-electron chi connectivity index (χ2n) is 3.92. The maximum atomic E-state index is 5.39. The Balaban J connectivity index is 2.31. The molecule has 16 heavy (non-hydrogen) atoms. The maximum Gasteiger partial charge on any atom is 0.105 e. The first-order valence-electron chi connectivity index (χ1n) is 6.20. The minimum atomic E-state index is 0.456. The average molecular weight is 225 g/mol. The van der Waals surface area contributed by atoms with Crippen LogP contribution < -0.4 is 5.32 Å². The summed E-state index contributed by atoms with van der Waals surface area (Å²) in [7, 11) is 0. The molecule has 0 saturated carbocycles. The molecule has 92 valence electrons. The van der Waals surface area contributed by atoms with E-state index in [1.54, 1.807) is 6.26 Å². The van der Waals surface area contributed by atoms with Gasteiger partial charge >= 0.3 is 0 Å². The quantitative estimate of drug-likeness (QED) is 0.656. The van der Waals surface area contributed by atoms with Crippen molar-refractivity contribution in [3.05, 3.63) is 24.2 Å². The molecule has 0 aliphatic rings. The van der Waals surface area contributed by atoms with E-state index < -0.39 is 0 Å². The van der Waals surface area contributed by atoms with Crippen LogP contribution in [0.3, 0.4) is 0 Å². The van der Waals surface area contributed by atoms with Crippen LogP contribution >= 0.6 is 0 Å². The molecule has 1 heterocycles. The van der Waals surface area contributed by atoms with E-state index in [-0.39, 0.29) is 0 Å². The van der Waals surface area contributed by atoms with E-state index in [0.717, 1.165) is 44.8 Å². The molecule has 0 saturated heterocycles. The Labute approximate surface area is 98.2 Å². The molecule has 0 bridgehead atoms. The van der Waals surface area contributed by atoms with Crippen molar-refractivity contribution in [2.45, 2.75) is 39.2 Å². The summed E-state index contributed by atoms with van der Waals surface area (Å²) in [5.41, 5.74) is 0. The Morgan fingerprint density at radius 3 is 2.94 bits per heavy atom. The molecule has 1 rings (SSSR count). The lowest BCUT2D eigenvalue weighted by Gasteiger charge is -2.17. The van der Waals surface area contributed by atoms with Gasteiger partial charge in [-0.25, -0.2) is 0 Å². The van der Waals surface area contributed by atoms with Crippen LogP contribution in [-0.2, 0) is 11.2 Å². The van der Waals surface area contributed by atoms with Gasteiger partial charge in [0, 0.05) is 25.7 Å². The lowest BCUT2D eigenvalue weighted by Crippen LogP contribution is -2.32. The second kappa shape index (κ2) is 8.36. The minimum Gasteiger partial charge on any atom is -0.469 e. The van der Waals surface area contributed by atoms with Crippen molar-refractivity contribution in [3.8, 4) is 0 Å².